The molecule has 17 heavy (non-hydrogen) atoms. The van der Waals surface area contributed by atoms with E-state index < -0.39 is 0 Å². The van der Waals surface area contributed by atoms with Gasteiger partial charge in [0.05, 0.1) is 6.61 Å². The maximum absolute atomic E-state index is 5.42. The highest BCUT2D eigenvalue weighted by atomic mass is 32.2. The second-order valence-electron chi connectivity index (χ2n) is 4.44. The van der Waals surface area contributed by atoms with Crippen molar-refractivity contribution in [2.45, 2.75) is 19.9 Å². The Morgan fingerprint density at radius 1 is 1.35 bits per heavy atom. The van der Waals surface area contributed by atoms with Gasteiger partial charge in [0, 0.05) is 6.54 Å². The monoisotopic (exact) mass is 251 g/mol. The third-order valence-electron chi connectivity index (χ3n) is 3.02. The van der Waals surface area contributed by atoms with Gasteiger partial charge in [0.15, 0.2) is 0 Å². The molecule has 94 valence electrons. The number of ether oxygens (including phenoxy) is 1. The van der Waals surface area contributed by atoms with Crippen molar-refractivity contribution < 1.29 is 4.74 Å². The van der Waals surface area contributed by atoms with E-state index in [9.17, 15) is 0 Å². The van der Waals surface area contributed by atoms with E-state index in [1.807, 2.05) is 19.1 Å². The Balaban J connectivity index is 1.70. The number of benzene rings is 1. The molecule has 0 amide bonds. The summed E-state index contributed by atoms with van der Waals surface area (Å²) in [6, 6.07) is 8.38. The van der Waals surface area contributed by atoms with Gasteiger partial charge in [-0.1, -0.05) is 12.1 Å². The van der Waals surface area contributed by atoms with Crippen molar-refractivity contribution in [3.8, 4) is 5.75 Å². The van der Waals surface area contributed by atoms with Crippen LogP contribution in [0, 0.1) is 5.92 Å². The van der Waals surface area contributed by atoms with E-state index in [2.05, 4.69) is 29.2 Å². The second-order valence-corrected chi connectivity index (χ2v) is 5.59. The van der Waals surface area contributed by atoms with Gasteiger partial charge in [0.2, 0.25) is 0 Å². The summed E-state index contributed by atoms with van der Waals surface area (Å²) in [4.78, 5) is 0. The van der Waals surface area contributed by atoms with Gasteiger partial charge in [-0.25, -0.2) is 0 Å². The molecule has 1 aliphatic heterocycles. The van der Waals surface area contributed by atoms with Gasteiger partial charge in [0.1, 0.15) is 5.75 Å². The molecule has 3 heteroatoms. The zero-order chi connectivity index (χ0) is 11.9. The van der Waals surface area contributed by atoms with Gasteiger partial charge in [-0.2, -0.15) is 11.8 Å². The lowest BCUT2D eigenvalue weighted by Gasteiger charge is -2.10. The van der Waals surface area contributed by atoms with Crippen molar-refractivity contribution in [3.05, 3.63) is 29.8 Å². The van der Waals surface area contributed by atoms with Crippen molar-refractivity contribution in [3.63, 3.8) is 0 Å². The lowest BCUT2D eigenvalue weighted by atomic mass is 10.1. The Morgan fingerprint density at radius 3 is 2.82 bits per heavy atom. The van der Waals surface area contributed by atoms with Crippen LogP contribution in [0.3, 0.4) is 0 Å². The van der Waals surface area contributed by atoms with Crippen LogP contribution in [0.1, 0.15) is 18.9 Å². The third kappa shape index (κ3) is 4.25. The zero-order valence-corrected chi connectivity index (χ0v) is 11.3. The number of hydrogen-bond acceptors (Lipinski definition) is 3. The molecule has 0 aromatic heterocycles. The van der Waals surface area contributed by atoms with Crippen LogP contribution < -0.4 is 10.1 Å². The first kappa shape index (κ1) is 12.8. The lowest BCUT2D eigenvalue weighted by Crippen LogP contribution is -2.22. The average Bonchev–Trinajstić information content (AvgIpc) is 2.85. The van der Waals surface area contributed by atoms with Crippen LogP contribution in [0.4, 0.5) is 0 Å². The molecule has 1 heterocycles. The molecule has 1 N–H and O–H groups in total. The summed E-state index contributed by atoms with van der Waals surface area (Å²) in [6.45, 7) is 4.86. The van der Waals surface area contributed by atoms with Crippen LogP contribution in [0.25, 0.3) is 0 Å². The van der Waals surface area contributed by atoms with E-state index in [0.29, 0.717) is 0 Å². The van der Waals surface area contributed by atoms with Gasteiger partial charge in [-0.3, -0.25) is 0 Å². The van der Waals surface area contributed by atoms with Crippen LogP contribution in [0.5, 0.6) is 5.75 Å². The summed E-state index contributed by atoms with van der Waals surface area (Å²) in [5.41, 5.74) is 1.33. The number of rotatable bonds is 6. The molecule has 1 saturated heterocycles. The first-order chi connectivity index (χ1) is 8.38. The Labute approximate surface area is 108 Å². The largest absolute Gasteiger partial charge is 0.494 e. The molecule has 2 rings (SSSR count). The van der Waals surface area contributed by atoms with E-state index in [1.54, 1.807) is 0 Å². The molecule has 0 aliphatic carbocycles. The van der Waals surface area contributed by atoms with Crippen LogP contribution in [-0.2, 0) is 6.54 Å². The molecule has 1 unspecified atom stereocenters. The van der Waals surface area contributed by atoms with Gasteiger partial charge in [-0.05, 0) is 55.0 Å². The molecule has 0 bridgehead atoms. The van der Waals surface area contributed by atoms with Crippen molar-refractivity contribution in [1.82, 2.24) is 5.32 Å². The molecular weight excluding hydrogens is 230 g/mol. The number of nitrogens with one attached hydrogen (secondary N) is 1. The summed E-state index contributed by atoms with van der Waals surface area (Å²) in [5, 5.41) is 3.54. The fraction of sp³-hybridized carbons (Fsp3) is 0.571. The molecule has 1 aliphatic rings. The van der Waals surface area contributed by atoms with E-state index in [-0.39, 0.29) is 0 Å². The van der Waals surface area contributed by atoms with Crippen LogP contribution >= 0.6 is 11.8 Å². The molecule has 0 saturated carbocycles. The lowest BCUT2D eigenvalue weighted by molar-refractivity contribution is 0.340. The molecule has 1 fully saturated rings. The molecular formula is C14H21NOS. The van der Waals surface area contributed by atoms with Gasteiger partial charge in [-0.15, -0.1) is 0 Å². The Bertz CT molecular complexity index is 319. The summed E-state index contributed by atoms with van der Waals surface area (Å²) in [5.74, 6) is 4.51. The van der Waals surface area contributed by atoms with Crippen LogP contribution in [0.15, 0.2) is 24.3 Å². The average molecular weight is 251 g/mol. The maximum atomic E-state index is 5.42. The highest BCUT2D eigenvalue weighted by molar-refractivity contribution is 7.99. The first-order valence-corrected chi connectivity index (χ1v) is 7.54. The summed E-state index contributed by atoms with van der Waals surface area (Å²) < 4.78 is 5.42. The molecule has 2 nitrogen and oxygen atoms in total. The van der Waals surface area contributed by atoms with Crippen molar-refractivity contribution in [1.29, 1.82) is 0 Å². The smallest absolute Gasteiger partial charge is 0.119 e. The molecule has 0 spiro atoms. The summed E-state index contributed by atoms with van der Waals surface area (Å²) >= 11 is 2.08. The van der Waals surface area contributed by atoms with E-state index in [0.717, 1.165) is 31.4 Å². The predicted octanol–water partition coefficient (Wildman–Crippen LogP) is 2.93. The normalized spacial score (nSPS) is 19.5. The highest BCUT2D eigenvalue weighted by Crippen LogP contribution is 2.22. The topological polar surface area (TPSA) is 21.3 Å². The second kappa shape index (κ2) is 6.92. The Kier molecular flexibility index (Phi) is 5.20. The predicted molar refractivity (Wildman–Crippen MR) is 74.7 cm³/mol. The van der Waals surface area contributed by atoms with Gasteiger partial charge < -0.3 is 10.1 Å². The zero-order valence-electron chi connectivity index (χ0n) is 10.4. The minimum Gasteiger partial charge on any atom is -0.494 e. The molecule has 0 radical (unpaired) electrons. The van der Waals surface area contributed by atoms with Crippen molar-refractivity contribution in [2.24, 2.45) is 5.92 Å². The minimum absolute atomic E-state index is 0.733. The Hall–Kier alpha value is -0.670. The summed E-state index contributed by atoms with van der Waals surface area (Å²) in [6.07, 6.45) is 1.38. The van der Waals surface area contributed by atoms with Gasteiger partial charge >= 0.3 is 0 Å². The standard InChI is InChI=1S/C14H21NOS/c1-2-16-14-5-3-12(4-6-14)9-15-10-13-7-8-17-11-13/h3-6,13,15H,2,7-11H2,1H3. The van der Waals surface area contributed by atoms with E-state index >= 15 is 0 Å². The Morgan fingerprint density at radius 2 is 2.18 bits per heavy atom. The van der Waals surface area contributed by atoms with E-state index in [1.165, 1.54) is 23.5 Å². The summed E-state index contributed by atoms with van der Waals surface area (Å²) in [7, 11) is 0. The quantitative estimate of drug-likeness (QED) is 0.840. The minimum atomic E-state index is 0.733. The van der Waals surface area contributed by atoms with Crippen LogP contribution in [0.2, 0.25) is 0 Å². The maximum Gasteiger partial charge on any atom is 0.119 e. The van der Waals surface area contributed by atoms with Crippen molar-refractivity contribution in [2.75, 3.05) is 24.7 Å². The number of thioether (sulfide) groups is 1. The fourth-order valence-electron chi connectivity index (χ4n) is 2.04. The van der Waals surface area contributed by atoms with Gasteiger partial charge in [0.25, 0.3) is 0 Å². The van der Waals surface area contributed by atoms with Crippen LogP contribution in [-0.4, -0.2) is 24.7 Å². The SMILES string of the molecule is CCOc1ccc(CNCC2CCSC2)cc1. The molecule has 1 aromatic carbocycles. The third-order valence-corrected chi connectivity index (χ3v) is 4.25. The van der Waals surface area contributed by atoms with E-state index in [4.69, 9.17) is 4.74 Å². The molecule has 1 atom stereocenters. The first-order valence-electron chi connectivity index (χ1n) is 6.38. The van der Waals surface area contributed by atoms with Crippen molar-refractivity contribution >= 4 is 11.8 Å². The molecule has 1 aromatic rings. The highest BCUT2D eigenvalue weighted by Gasteiger charge is 2.14. The fourth-order valence-corrected chi connectivity index (χ4v) is 3.32. The number of hydrogen-bond donors (Lipinski definition) is 1.